The molecule has 4 rings (SSSR count). The van der Waals surface area contributed by atoms with Gasteiger partial charge in [-0.3, -0.25) is 4.79 Å². The second kappa shape index (κ2) is 8.93. The van der Waals surface area contributed by atoms with E-state index in [-0.39, 0.29) is 21.4 Å². The molecule has 10 heteroatoms. The van der Waals surface area contributed by atoms with Crippen molar-refractivity contribution in [3.05, 3.63) is 54.1 Å². The molecule has 1 aliphatic heterocycles. The normalized spacial score (nSPS) is 20.1. The number of amides is 1. The molecule has 1 atom stereocenters. The minimum Gasteiger partial charge on any atom is -0.322 e. The molecule has 0 radical (unpaired) electrons. The zero-order valence-electron chi connectivity index (χ0n) is 17.8. The van der Waals surface area contributed by atoms with Crippen LogP contribution in [0.1, 0.15) is 43.0 Å². The van der Waals surface area contributed by atoms with Crippen molar-refractivity contribution in [1.29, 1.82) is 0 Å². The van der Waals surface area contributed by atoms with Crippen molar-refractivity contribution in [3.63, 3.8) is 0 Å². The molecular weight excluding hydrogens is 450 g/mol. The average molecular weight is 478 g/mol. The summed E-state index contributed by atoms with van der Waals surface area (Å²) < 4.78 is 54.6. The van der Waals surface area contributed by atoms with E-state index < -0.39 is 26.0 Å². The molecule has 1 saturated heterocycles. The Labute approximate surface area is 189 Å². The van der Waals surface area contributed by atoms with E-state index in [9.17, 15) is 21.6 Å². The number of benzene rings is 2. The van der Waals surface area contributed by atoms with E-state index in [1.54, 1.807) is 0 Å². The molecule has 2 aromatic rings. The van der Waals surface area contributed by atoms with E-state index in [0.29, 0.717) is 24.7 Å². The van der Waals surface area contributed by atoms with Gasteiger partial charge >= 0.3 is 0 Å². The Morgan fingerprint density at radius 3 is 2.34 bits per heavy atom. The number of hydrogen-bond acceptors (Lipinski definition) is 5. The first-order valence-corrected chi connectivity index (χ1v) is 13.6. The Balaban J connectivity index is 1.46. The Hall–Kier alpha value is -2.27. The second-order valence-electron chi connectivity index (χ2n) is 8.51. The molecular formula is C22H27N3O5S2. The Bertz CT molecular complexity index is 1210. The maximum atomic E-state index is 12.9. The molecule has 0 spiro atoms. The molecule has 1 heterocycles. The van der Waals surface area contributed by atoms with Gasteiger partial charge in [-0.15, -0.1) is 0 Å². The number of carbonyl (C=O) groups is 1. The maximum Gasteiger partial charge on any atom is 0.255 e. The van der Waals surface area contributed by atoms with Gasteiger partial charge in [-0.05, 0) is 74.1 Å². The molecule has 2 N–H and O–H groups in total. The highest BCUT2D eigenvalue weighted by molar-refractivity contribution is 7.89. The fraction of sp³-hybridized carbons (Fsp3) is 0.409. The minimum absolute atomic E-state index is 0.0274. The van der Waals surface area contributed by atoms with Crippen LogP contribution in [0.5, 0.6) is 0 Å². The van der Waals surface area contributed by atoms with Crippen LogP contribution < -0.4 is 10.0 Å². The van der Waals surface area contributed by atoms with Crippen LogP contribution in [-0.4, -0.2) is 46.2 Å². The fourth-order valence-electron chi connectivity index (χ4n) is 3.72. The summed E-state index contributed by atoms with van der Waals surface area (Å²) >= 11 is 0. The van der Waals surface area contributed by atoms with Crippen LogP contribution in [0.2, 0.25) is 0 Å². The smallest absolute Gasteiger partial charge is 0.255 e. The van der Waals surface area contributed by atoms with E-state index in [1.807, 2.05) is 6.92 Å². The number of piperidine rings is 1. The highest BCUT2D eigenvalue weighted by Gasteiger charge is 2.29. The molecule has 1 saturated carbocycles. The second-order valence-corrected chi connectivity index (χ2v) is 12.2. The van der Waals surface area contributed by atoms with E-state index in [0.717, 1.165) is 25.7 Å². The van der Waals surface area contributed by atoms with Gasteiger partial charge < -0.3 is 5.32 Å². The van der Waals surface area contributed by atoms with Crippen molar-refractivity contribution < 1.29 is 21.6 Å². The van der Waals surface area contributed by atoms with Crippen molar-refractivity contribution in [2.75, 3.05) is 18.4 Å². The first kappa shape index (κ1) is 22.9. The van der Waals surface area contributed by atoms with Crippen LogP contribution in [0.25, 0.3) is 0 Å². The van der Waals surface area contributed by atoms with Crippen LogP contribution in [0.4, 0.5) is 5.69 Å². The Morgan fingerprint density at radius 2 is 1.69 bits per heavy atom. The van der Waals surface area contributed by atoms with Crippen molar-refractivity contribution in [3.8, 4) is 0 Å². The quantitative estimate of drug-likeness (QED) is 0.637. The number of hydrogen-bond donors (Lipinski definition) is 2. The number of rotatable bonds is 7. The molecule has 8 nitrogen and oxygen atoms in total. The number of sulfonamides is 2. The maximum absolute atomic E-state index is 12.9. The van der Waals surface area contributed by atoms with E-state index in [2.05, 4.69) is 10.0 Å². The summed E-state index contributed by atoms with van der Waals surface area (Å²) in [6.07, 6.45) is 3.51. The largest absolute Gasteiger partial charge is 0.322 e. The average Bonchev–Trinajstić information content (AvgIpc) is 3.57. The molecule has 1 unspecified atom stereocenters. The Morgan fingerprint density at radius 1 is 0.969 bits per heavy atom. The third kappa shape index (κ3) is 5.20. The standard InChI is InChI=1S/C22H27N3O5S2/c1-16-4-3-13-25(15-16)32(29,30)20-11-9-18(10-12-20)23-22(26)17-5-2-6-21(14-17)31(27,28)24-19-7-8-19/h2,5-6,9-12,14,16,19,24H,3-4,7-8,13,15H2,1H3,(H,23,26). The van der Waals surface area contributed by atoms with E-state index in [1.165, 1.54) is 52.8 Å². The highest BCUT2D eigenvalue weighted by Crippen LogP contribution is 2.25. The summed E-state index contributed by atoms with van der Waals surface area (Å²) in [4.78, 5) is 12.9. The van der Waals surface area contributed by atoms with Gasteiger partial charge in [-0.1, -0.05) is 13.0 Å². The monoisotopic (exact) mass is 477 g/mol. The van der Waals surface area contributed by atoms with Crippen molar-refractivity contribution >= 4 is 31.6 Å². The summed E-state index contributed by atoms with van der Waals surface area (Å²) in [5.74, 6) is -0.148. The fourth-order valence-corrected chi connectivity index (χ4v) is 6.67. The van der Waals surface area contributed by atoms with Gasteiger partial charge in [0.15, 0.2) is 0 Å². The molecule has 2 aromatic carbocycles. The Kier molecular flexibility index (Phi) is 6.39. The summed E-state index contributed by atoms with van der Waals surface area (Å²) in [5, 5.41) is 2.69. The molecule has 0 bridgehead atoms. The number of carbonyl (C=O) groups excluding carboxylic acids is 1. The van der Waals surface area contributed by atoms with Crippen LogP contribution in [-0.2, 0) is 20.0 Å². The van der Waals surface area contributed by atoms with Crippen LogP contribution in [0, 0.1) is 5.92 Å². The lowest BCUT2D eigenvalue weighted by Gasteiger charge is -2.30. The molecule has 32 heavy (non-hydrogen) atoms. The van der Waals surface area contributed by atoms with Gasteiger partial charge in [0.25, 0.3) is 5.91 Å². The van der Waals surface area contributed by atoms with Crippen molar-refractivity contribution in [2.24, 2.45) is 5.92 Å². The summed E-state index contributed by atoms with van der Waals surface area (Å²) in [6, 6.07) is 11.8. The van der Waals surface area contributed by atoms with Gasteiger partial charge in [0.1, 0.15) is 0 Å². The van der Waals surface area contributed by atoms with E-state index in [4.69, 9.17) is 0 Å². The lowest BCUT2D eigenvalue weighted by atomic mass is 10.0. The van der Waals surface area contributed by atoms with Crippen LogP contribution in [0.3, 0.4) is 0 Å². The zero-order valence-corrected chi connectivity index (χ0v) is 19.5. The van der Waals surface area contributed by atoms with Gasteiger partial charge in [0.05, 0.1) is 9.79 Å². The lowest BCUT2D eigenvalue weighted by Crippen LogP contribution is -2.39. The predicted molar refractivity (Wildman–Crippen MR) is 121 cm³/mol. The molecule has 1 aliphatic carbocycles. The molecule has 2 aliphatic rings. The molecule has 2 fully saturated rings. The molecule has 172 valence electrons. The van der Waals surface area contributed by atoms with Gasteiger partial charge in [0, 0.05) is 30.4 Å². The molecule has 1 amide bonds. The first-order chi connectivity index (χ1) is 15.1. The highest BCUT2D eigenvalue weighted by atomic mass is 32.2. The zero-order chi connectivity index (χ0) is 22.9. The number of anilines is 1. The summed E-state index contributed by atoms with van der Waals surface area (Å²) in [5.41, 5.74) is 0.619. The molecule has 0 aromatic heterocycles. The third-order valence-corrected chi connectivity index (χ3v) is 9.07. The SMILES string of the molecule is CC1CCCN(S(=O)(=O)c2ccc(NC(=O)c3cccc(S(=O)(=O)NC4CC4)c3)cc2)C1. The van der Waals surface area contributed by atoms with E-state index >= 15 is 0 Å². The predicted octanol–water partition coefficient (Wildman–Crippen LogP) is 2.80. The van der Waals surface area contributed by atoms with Gasteiger partial charge in [-0.2, -0.15) is 4.31 Å². The first-order valence-electron chi connectivity index (χ1n) is 10.7. The topological polar surface area (TPSA) is 113 Å². The van der Waals surface area contributed by atoms with Gasteiger partial charge in [0.2, 0.25) is 20.0 Å². The van der Waals surface area contributed by atoms with Crippen molar-refractivity contribution in [1.82, 2.24) is 9.03 Å². The number of nitrogens with one attached hydrogen (secondary N) is 2. The van der Waals surface area contributed by atoms with Crippen LogP contribution >= 0.6 is 0 Å². The summed E-state index contributed by atoms with van der Waals surface area (Å²) in [7, 11) is -7.24. The lowest BCUT2D eigenvalue weighted by molar-refractivity contribution is 0.102. The minimum atomic E-state index is -3.66. The van der Waals surface area contributed by atoms with Crippen molar-refractivity contribution in [2.45, 2.75) is 48.4 Å². The summed E-state index contributed by atoms with van der Waals surface area (Å²) in [6.45, 7) is 3.07. The third-order valence-electron chi connectivity index (χ3n) is 5.68. The number of nitrogens with zero attached hydrogens (tertiary/aromatic N) is 1. The van der Waals surface area contributed by atoms with Crippen LogP contribution in [0.15, 0.2) is 58.3 Å². The van der Waals surface area contributed by atoms with Gasteiger partial charge in [-0.25, -0.2) is 21.6 Å².